The normalized spacial score (nSPS) is 18.2. The van der Waals surface area contributed by atoms with Gasteiger partial charge in [-0.2, -0.15) is 8.61 Å². The van der Waals surface area contributed by atoms with E-state index in [1.165, 1.54) is 20.7 Å². The second-order valence-corrected chi connectivity index (χ2v) is 12.2. The molecule has 2 heterocycles. The fourth-order valence-electron chi connectivity index (χ4n) is 3.82. The predicted octanol–water partition coefficient (Wildman–Crippen LogP) is 1.07. The largest absolute Gasteiger partial charge is 0.576 e. The molecule has 0 bridgehead atoms. The molecule has 0 amide bonds. The van der Waals surface area contributed by atoms with Crippen molar-refractivity contribution in [2.45, 2.75) is 23.6 Å². The zero-order valence-electron chi connectivity index (χ0n) is 19.8. The number of rotatable bonds is 8. The van der Waals surface area contributed by atoms with Crippen LogP contribution in [0.1, 0.15) is 11.1 Å². The van der Waals surface area contributed by atoms with Gasteiger partial charge in [-0.05, 0) is 49.2 Å². The van der Waals surface area contributed by atoms with Crippen LogP contribution >= 0.6 is 0 Å². The molecule has 0 aromatic heterocycles. The van der Waals surface area contributed by atoms with Crippen LogP contribution in [0.4, 0.5) is 0 Å². The molecule has 0 atom stereocenters. The lowest BCUT2D eigenvalue weighted by Gasteiger charge is -2.26. The second-order valence-electron chi connectivity index (χ2n) is 8.29. The SMILES string of the molecule is Cc1ccc(S(=O)(=O)N2CCOCC2)cc1OBOc1cc(S(=O)(=O)N2CCOCC2)ccc1C. The van der Waals surface area contributed by atoms with Gasteiger partial charge in [0.1, 0.15) is 11.5 Å². The van der Waals surface area contributed by atoms with E-state index in [0.717, 1.165) is 11.1 Å². The van der Waals surface area contributed by atoms with Gasteiger partial charge in [0.05, 0.1) is 36.2 Å². The van der Waals surface area contributed by atoms with E-state index in [-0.39, 0.29) is 17.5 Å². The molecule has 0 aliphatic carbocycles. The van der Waals surface area contributed by atoms with Gasteiger partial charge < -0.3 is 18.8 Å². The Hall–Kier alpha value is -2.16. The lowest BCUT2D eigenvalue weighted by molar-refractivity contribution is 0.0730. The van der Waals surface area contributed by atoms with E-state index in [1.54, 1.807) is 38.1 Å². The van der Waals surface area contributed by atoms with Gasteiger partial charge in [-0.15, -0.1) is 0 Å². The Bertz CT molecular complexity index is 1160. The van der Waals surface area contributed by atoms with E-state index in [2.05, 4.69) is 0 Å². The minimum atomic E-state index is -3.67. The summed E-state index contributed by atoms with van der Waals surface area (Å²) in [6.07, 6.45) is 0. The minimum Gasteiger partial charge on any atom is -0.528 e. The van der Waals surface area contributed by atoms with Gasteiger partial charge in [-0.3, -0.25) is 0 Å². The summed E-state index contributed by atoms with van der Waals surface area (Å²) < 4.78 is 76.7. The second kappa shape index (κ2) is 10.8. The maximum atomic E-state index is 13.0. The topological polar surface area (TPSA) is 112 Å². The van der Waals surface area contributed by atoms with Crippen molar-refractivity contribution in [3.8, 4) is 11.5 Å². The standard InChI is InChI=1S/C22H29BN2O8S2/c1-17-3-5-19(34(26,27)24-7-11-30-12-8-24)15-21(17)32-23-33-22-16-20(6-4-18(22)2)35(28,29)25-9-13-31-14-10-25/h3-6,15-16,23H,7-14H2,1-2H3. The number of hydrogen-bond acceptors (Lipinski definition) is 8. The van der Waals surface area contributed by atoms with Crippen molar-refractivity contribution in [3.63, 3.8) is 0 Å². The van der Waals surface area contributed by atoms with Gasteiger partial charge in [0, 0.05) is 26.2 Å². The van der Waals surface area contributed by atoms with Crippen molar-refractivity contribution in [2.75, 3.05) is 52.6 Å². The number of nitrogens with zero attached hydrogens (tertiary/aromatic N) is 2. The smallest absolute Gasteiger partial charge is 0.528 e. The Kier molecular flexibility index (Phi) is 8.04. The maximum absolute atomic E-state index is 13.0. The summed E-state index contributed by atoms with van der Waals surface area (Å²) in [5.74, 6) is 0.739. The summed E-state index contributed by atoms with van der Waals surface area (Å²) in [4.78, 5) is 0.268. The molecule has 0 unspecified atom stereocenters. The molecule has 2 aromatic rings. The molecule has 10 nitrogen and oxygen atoms in total. The number of hydrogen-bond donors (Lipinski definition) is 0. The lowest BCUT2D eigenvalue weighted by Crippen LogP contribution is -2.40. The number of benzene rings is 2. The fraction of sp³-hybridized carbons (Fsp3) is 0.455. The first-order valence-corrected chi connectivity index (χ1v) is 14.2. The van der Waals surface area contributed by atoms with E-state index in [4.69, 9.17) is 18.8 Å². The van der Waals surface area contributed by atoms with E-state index < -0.39 is 20.0 Å². The van der Waals surface area contributed by atoms with Crippen molar-refractivity contribution in [1.29, 1.82) is 0 Å². The molecule has 0 saturated carbocycles. The Labute approximate surface area is 207 Å². The first-order valence-electron chi connectivity index (χ1n) is 11.3. The molecular weight excluding hydrogens is 495 g/mol. The van der Waals surface area contributed by atoms with E-state index >= 15 is 0 Å². The Balaban J connectivity index is 1.46. The fourth-order valence-corrected chi connectivity index (χ4v) is 6.67. The molecule has 2 fully saturated rings. The van der Waals surface area contributed by atoms with E-state index in [1.807, 2.05) is 0 Å². The molecule has 2 aliphatic rings. The highest BCUT2D eigenvalue weighted by Crippen LogP contribution is 2.27. The van der Waals surface area contributed by atoms with Gasteiger partial charge in [-0.1, -0.05) is 12.1 Å². The monoisotopic (exact) mass is 524 g/mol. The van der Waals surface area contributed by atoms with Gasteiger partial charge in [0.25, 0.3) is 0 Å². The Morgan fingerprint density at radius 2 is 1.06 bits per heavy atom. The number of aryl methyl sites for hydroxylation is 2. The van der Waals surface area contributed by atoms with Crippen LogP contribution in [0.5, 0.6) is 11.5 Å². The molecule has 0 N–H and O–H groups in total. The zero-order valence-corrected chi connectivity index (χ0v) is 21.4. The summed E-state index contributed by atoms with van der Waals surface area (Å²) in [5, 5.41) is 0. The highest BCUT2D eigenvalue weighted by Gasteiger charge is 2.28. The first kappa shape index (κ1) is 25.9. The Morgan fingerprint density at radius 1 is 0.686 bits per heavy atom. The van der Waals surface area contributed by atoms with E-state index in [0.29, 0.717) is 64.1 Å². The van der Waals surface area contributed by atoms with Crippen LogP contribution in [0.25, 0.3) is 0 Å². The van der Waals surface area contributed by atoms with Crippen molar-refractivity contribution in [1.82, 2.24) is 8.61 Å². The van der Waals surface area contributed by atoms with Crippen molar-refractivity contribution in [2.24, 2.45) is 0 Å². The van der Waals surface area contributed by atoms with Crippen LogP contribution in [-0.2, 0) is 29.5 Å². The van der Waals surface area contributed by atoms with Crippen LogP contribution in [0, 0.1) is 13.8 Å². The molecular formula is C22H29BN2O8S2. The van der Waals surface area contributed by atoms with Gasteiger partial charge >= 0.3 is 7.69 Å². The van der Waals surface area contributed by atoms with Crippen LogP contribution in [0.15, 0.2) is 46.2 Å². The molecule has 2 aromatic carbocycles. The molecule has 190 valence electrons. The zero-order chi connectivity index (χ0) is 25.1. The van der Waals surface area contributed by atoms with Crippen molar-refractivity contribution < 1.29 is 35.6 Å². The summed E-state index contributed by atoms with van der Waals surface area (Å²) in [6.45, 7) is 6.28. The average Bonchev–Trinajstić information content (AvgIpc) is 2.87. The molecule has 0 radical (unpaired) electrons. The van der Waals surface area contributed by atoms with Crippen molar-refractivity contribution in [3.05, 3.63) is 47.5 Å². The molecule has 2 saturated heterocycles. The van der Waals surface area contributed by atoms with Crippen LogP contribution < -0.4 is 9.31 Å². The van der Waals surface area contributed by atoms with Crippen molar-refractivity contribution >= 4 is 27.7 Å². The van der Waals surface area contributed by atoms with Gasteiger partial charge in [-0.25, -0.2) is 16.8 Å². The highest BCUT2D eigenvalue weighted by molar-refractivity contribution is 7.89. The predicted molar refractivity (Wildman–Crippen MR) is 130 cm³/mol. The third-order valence-corrected chi connectivity index (χ3v) is 9.75. The van der Waals surface area contributed by atoms with E-state index in [9.17, 15) is 16.8 Å². The number of sulfonamides is 2. The summed E-state index contributed by atoms with van der Waals surface area (Å²) >= 11 is 0. The van der Waals surface area contributed by atoms with Crippen LogP contribution in [-0.4, -0.2) is 85.7 Å². The number of morpholine rings is 2. The molecule has 13 heteroatoms. The number of ether oxygens (including phenoxy) is 2. The minimum absolute atomic E-state index is 0.134. The van der Waals surface area contributed by atoms with Gasteiger partial charge in [0.2, 0.25) is 20.0 Å². The van der Waals surface area contributed by atoms with Crippen LogP contribution in [0.2, 0.25) is 0 Å². The summed E-state index contributed by atoms with van der Waals surface area (Å²) in [7, 11) is -7.55. The quantitative estimate of drug-likeness (QED) is 0.472. The molecule has 35 heavy (non-hydrogen) atoms. The lowest BCUT2D eigenvalue weighted by atomic mass is 10.2. The molecule has 2 aliphatic heterocycles. The molecule has 0 spiro atoms. The average molecular weight is 524 g/mol. The highest BCUT2D eigenvalue weighted by atomic mass is 32.2. The summed E-state index contributed by atoms with van der Waals surface area (Å²) in [6, 6.07) is 9.44. The van der Waals surface area contributed by atoms with Crippen LogP contribution in [0.3, 0.4) is 0 Å². The third kappa shape index (κ3) is 5.81. The Morgan fingerprint density at radius 3 is 1.43 bits per heavy atom. The third-order valence-electron chi connectivity index (χ3n) is 5.96. The van der Waals surface area contributed by atoms with Gasteiger partial charge in [0.15, 0.2) is 0 Å². The maximum Gasteiger partial charge on any atom is 0.576 e. The summed E-state index contributed by atoms with van der Waals surface area (Å²) in [5.41, 5.74) is 1.49. The molecule has 4 rings (SSSR count). The first-order chi connectivity index (χ1) is 16.7.